The maximum atomic E-state index is 12.1. The Hall–Kier alpha value is -3.62. The Balaban J connectivity index is 1.88. The first-order valence-corrected chi connectivity index (χ1v) is 8.39. The number of hydrogen-bond donors (Lipinski definition) is 2. The van der Waals surface area contributed by atoms with Gasteiger partial charge in [0.25, 0.3) is 11.6 Å². The molecule has 0 fully saturated rings. The molecule has 0 unspecified atom stereocenters. The van der Waals surface area contributed by atoms with Crippen molar-refractivity contribution in [3.05, 3.63) is 57.6 Å². The van der Waals surface area contributed by atoms with E-state index >= 15 is 0 Å². The van der Waals surface area contributed by atoms with Crippen molar-refractivity contribution in [3.63, 3.8) is 0 Å². The molecule has 28 heavy (non-hydrogen) atoms. The van der Waals surface area contributed by atoms with E-state index in [9.17, 15) is 19.7 Å². The predicted octanol–water partition coefficient (Wildman–Crippen LogP) is 2.35. The predicted molar refractivity (Wildman–Crippen MR) is 103 cm³/mol. The lowest BCUT2D eigenvalue weighted by Gasteiger charge is -2.12. The van der Waals surface area contributed by atoms with E-state index in [0.29, 0.717) is 5.69 Å². The number of hydrogen-bond acceptors (Lipinski definition) is 6. The number of aryl methyl sites for hydroxylation is 2. The van der Waals surface area contributed by atoms with Gasteiger partial charge in [-0.1, -0.05) is 18.2 Å². The number of para-hydroxylation sites is 1. The molecule has 0 bridgehead atoms. The van der Waals surface area contributed by atoms with Crippen LogP contribution in [0, 0.1) is 24.0 Å². The molecule has 0 aliphatic carbocycles. The van der Waals surface area contributed by atoms with Crippen molar-refractivity contribution in [2.75, 3.05) is 25.6 Å². The van der Waals surface area contributed by atoms with Crippen LogP contribution in [-0.2, 0) is 9.59 Å². The van der Waals surface area contributed by atoms with E-state index in [0.717, 1.165) is 11.1 Å². The van der Waals surface area contributed by atoms with E-state index in [1.54, 1.807) is 0 Å². The zero-order valence-electron chi connectivity index (χ0n) is 15.8. The molecule has 148 valence electrons. The molecule has 2 aromatic carbocycles. The zero-order valence-corrected chi connectivity index (χ0v) is 15.8. The van der Waals surface area contributed by atoms with Crippen molar-refractivity contribution in [1.29, 1.82) is 0 Å². The molecule has 0 aliphatic heterocycles. The lowest BCUT2D eigenvalue weighted by atomic mass is 10.1. The summed E-state index contributed by atoms with van der Waals surface area (Å²) in [5, 5.41) is 16.0. The third kappa shape index (κ3) is 5.44. The second kappa shape index (κ2) is 9.36. The van der Waals surface area contributed by atoms with Crippen LogP contribution in [-0.4, -0.2) is 37.0 Å². The van der Waals surface area contributed by atoms with Crippen molar-refractivity contribution in [1.82, 2.24) is 5.32 Å². The molecule has 0 aliphatic rings. The summed E-state index contributed by atoms with van der Waals surface area (Å²) in [6, 6.07) is 9.46. The van der Waals surface area contributed by atoms with Crippen LogP contribution in [0.25, 0.3) is 0 Å². The van der Waals surface area contributed by atoms with Crippen molar-refractivity contribution in [3.8, 4) is 11.5 Å². The van der Waals surface area contributed by atoms with E-state index in [4.69, 9.17) is 9.47 Å². The molecule has 2 rings (SSSR count). The number of rotatable bonds is 8. The average molecular weight is 387 g/mol. The number of anilines is 1. The second-order valence-corrected chi connectivity index (χ2v) is 5.97. The van der Waals surface area contributed by atoms with Crippen molar-refractivity contribution < 1.29 is 24.0 Å². The molecule has 0 atom stereocenters. The first-order chi connectivity index (χ1) is 13.3. The molecule has 2 aromatic rings. The number of non-ortho nitro benzene ring substituents is 1. The second-order valence-electron chi connectivity index (χ2n) is 5.97. The van der Waals surface area contributed by atoms with Crippen LogP contribution in [0.3, 0.4) is 0 Å². The van der Waals surface area contributed by atoms with Gasteiger partial charge in [0.05, 0.1) is 24.6 Å². The van der Waals surface area contributed by atoms with Crippen LogP contribution < -0.4 is 20.1 Å². The fraction of sp³-hybridized carbons (Fsp3) is 0.263. The number of amides is 2. The van der Waals surface area contributed by atoms with Gasteiger partial charge in [0.1, 0.15) is 0 Å². The van der Waals surface area contributed by atoms with Gasteiger partial charge in [-0.25, -0.2) is 0 Å². The van der Waals surface area contributed by atoms with Gasteiger partial charge < -0.3 is 20.1 Å². The van der Waals surface area contributed by atoms with Crippen LogP contribution >= 0.6 is 0 Å². The standard InChI is InChI=1S/C19H21N3O6/c1-12-5-4-6-13(2)19(12)21-17(23)10-20-18(24)11-28-16-9-14(22(25)26)7-8-15(16)27-3/h4-9H,10-11H2,1-3H3,(H,20,24)(H,21,23). The van der Waals surface area contributed by atoms with Crippen LogP contribution in [0.4, 0.5) is 11.4 Å². The highest BCUT2D eigenvalue weighted by molar-refractivity contribution is 5.95. The van der Waals surface area contributed by atoms with Crippen molar-refractivity contribution in [2.45, 2.75) is 13.8 Å². The average Bonchev–Trinajstić information content (AvgIpc) is 2.67. The molecule has 2 N–H and O–H groups in total. The first-order valence-electron chi connectivity index (χ1n) is 8.39. The van der Waals surface area contributed by atoms with Gasteiger partial charge in [-0.2, -0.15) is 0 Å². The smallest absolute Gasteiger partial charge is 0.273 e. The summed E-state index contributed by atoms with van der Waals surface area (Å²) in [7, 11) is 1.38. The summed E-state index contributed by atoms with van der Waals surface area (Å²) >= 11 is 0. The Morgan fingerprint density at radius 2 is 1.75 bits per heavy atom. The summed E-state index contributed by atoms with van der Waals surface area (Å²) in [5.74, 6) is -0.609. The maximum Gasteiger partial charge on any atom is 0.273 e. The highest BCUT2D eigenvalue weighted by atomic mass is 16.6. The normalized spacial score (nSPS) is 10.1. The summed E-state index contributed by atoms with van der Waals surface area (Å²) in [6.07, 6.45) is 0. The fourth-order valence-electron chi connectivity index (χ4n) is 2.46. The topological polar surface area (TPSA) is 120 Å². The Bertz CT molecular complexity index is 877. The molecular formula is C19H21N3O6. The number of nitro benzene ring substituents is 1. The molecule has 0 aromatic heterocycles. The number of ether oxygens (including phenoxy) is 2. The fourth-order valence-corrected chi connectivity index (χ4v) is 2.46. The zero-order chi connectivity index (χ0) is 20.7. The largest absolute Gasteiger partial charge is 0.493 e. The van der Waals surface area contributed by atoms with E-state index < -0.39 is 17.4 Å². The molecule has 0 heterocycles. The Kier molecular flexibility index (Phi) is 6.91. The lowest BCUT2D eigenvalue weighted by Crippen LogP contribution is -2.36. The number of methoxy groups -OCH3 is 1. The molecule has 0 saturated heterocycles. The van der Waals surface area contributed by atoms with Crippen molar-refractivity contribution in [2.24, 2.45) is 0 Å². The minimum atomic E-state index is -0.579. The van der Waals surface area contributed by atoms with Crippen molar-refractivity contribution >= 4 is 23.2 Å². The maximum absolute atomic E-state index is 12.1. The van der Waals surface area contributed by atoms with Gasteiger partial charge in [0, 0.05) is 11.8 Å². The Morgan fingerprint density at radius 1 is 1.07 bits per heavy atom. The molecular weight excluding hydrogens is 366 g/mol. The van der Waals surface area contributed by atoms with E-state index in [1.807, 2.05) is 32.0 Å². The number of nitro groups is 1. The van der Waals surface area contributed by atoms with Gasteiger partial charge in [-0.15, -0.1) is 0 Å². The molecule has 2 amide bonds. The van der Waals surface area contributed by atoms with Gasteiger partial charge in [-0.3, -0.25) is 19.7 Å². The third-order valence-corrected chi connectivity index (χ3v) is 3.91. The van der Waals surface area contributed by atoms with E-state index in [2.05, 4.69) is 10.6 Å². The quantitative estimate of drug-likeness (QED) is 0.530. The van der Waals surface area contributed by atoms with Gasteiger partial charge in [0.15, 0.2) is 18.1 Å². The van der Waals surface area contributed by atoms with Crippen LogP contribution in [0.1, 0.15) is 11.1 Å². The molecule has 0 saturated carbocycles. The van der Waals surface area contributed by atoms with Crippen LogP contribution in [0.15, 0.2) is 36.4 Å². The first kappa shape index (κ1) is 20.7. The molecule has 9 heteroatoms. The lowest BCUT2D eigenvalue weighted by molar-refractivity contribution is -0.385. The summed E-state index contributed by atoms with van der Waals surface area (Å²) < 4.78 is 10.4. The highest BCUT2D eigenvalue weighted by Crippen LogP contribution is 2.31. The summed E-state index contributed by atoms with van der Waals surface area (Å²) in [6.45, 7) is 3.10. The number of carbonyl (C=O) groups is 2. The third-order valence-electron chi connectivity index (χ3n) is 3.91. The minimum absolute atomic E-state index is 0.0619. The molecule has 0 radical (unpaired) electrons. The number of carbonyl (C=O) groups excluding carboxylic acids is 2. The van der Waals surface area contributed by atoms with Gasteiger partial charge >= 0.3 is 0 Å². The van der Waals surface area contributed by atoms with E-state index in [-0.39, 0.29) is 29.6 Å². The van der Waals surface area contributed by atoms with Crippen LogP contribution in [0.2, 0.25) is 0 Å². The summed E-state index contributed by atoms with van der Waals surface area (Å²) in [4.78, 5) is 34.3. The monoisotopic (exact) mass is 387 g/mol. The number of benzene rings is 2. The SMILES string of the molecule is COc1ccc([N+](=O)[O-])cc1OCC(=O)NCC(=O)Nc1c(C)cccc1C. The van der Waals surface area contributed by atoms with Gasteiger partial charge in [0.2, 0.25) is 5.91 Å². The Labute approximate surface area is 161 Å². The Morgan fingerprint density at radius 3 is 2.36 bits per heavy atom. The molecule has 0 spiro atoms. The molecule has 9 nitrogen and oxygen atoms in total. The van der Waals surface area contributed by atoms with E-state index in [1.165, 1.54) is 25.3 Å². The number of nitrogens with one attached hydrogen (secondary N) is 2. The summed E-state index contributed by atoms with van der Waals surface area (Å²) in [5.41, 5.74) is 2.35. The minimum Gasteiger partial charge on any atom is -0.493 e. The van der Waals surface area contributed by atoms with Crippen LogP contribution in [0.5, 0.6) is 11.5 Å². The number of nitrogens with zero attached hydrogens (tertiary/aromatic N) is 1. The van der Waals surface area contributed by atoms with Gasteiger partial charge in [-0.05, 0) is 31.0 Å². The highest BCUT2D eigenvalue weighted by Gasteiger charge is 2.14.